The summed E-state index contributed by atoms with van der Waals surface area (Å²) in [6.45, 7) is 4.56. The average Bonchev–Trinajstić information content (AvgIpc) is 2.28. The molecule has 3 N–H and O–H groups in total. The predicted octanol–water partition coefficient (Wildman–Crippen LogP) is 2.36. The molecule has 0 fully saturated rings. The third-order valence-corrected chi connectivity index (χ3v) is 2.15. The van der Waals surface area contributed by atoms with Gasteiger partial charge in [0.2, 0.25) is 5.91 Å². The van der Waals surface area contributed by atoms with Crippen LogP contribution in [0.1, 0.15) is 19.4 Å². The summed E-state index contributed by atoms with van der Waals surface area (Å²) in [6, 6.07) is 7.35. The number of carbonyl (C=O) groups excluding carboxylic acids is 1. The Labute approximate surface area is 102 Å². The van der Waals surface area contributed by atoms with Gasteiger partial charge >= 0.3 is 0 Å². The maximum absolute atomic E-state index is 11.4. The zero-order chi connectivity index (χ0) is 12.7. The van der Waals surface area contributed by atoms with Crippen molar-refractivity contribution in [3.05, 3.63) is 47.6 Å². The van der Waals surface area contributed by atoms with E-state index in [1.165, 1.54) is 11.6 Å². The summed E-state index contributed by atoms with van der Waals surface area (Å²) >= 11 is 0. The van der Waals surface area contributed by atoms with Gasteiger partial charge in [-0.25, -0.2) is 0 Å². The van der Waals surface area contributed by atoms with Crippen molar-refractivity contribution in [1.29, 1.82) is 0 Å². The summed E-state index contributed by atoms with van der Waals surface area (Å²) in [5.74, 6) is -0.0978. The minimum Gasteiger partial charge on any atom is -0.399 e. The molecule has 1 aromatic rings. The predicted molar refractivity (Wildman–Crippen MR) is 72.3 cm³/mol. The van der Waals surface area contributed by atoms with Crippen LogP contribution >= 0.6 is 0 Å². The van der Waals surface area contributed by atoms with Crippen molar-refractivity contribution < 1.29 is 4.79 Å². The van der Waals surface area contributed by atoms with Crippen LogP contribution in [0, 0.1) is 0 Å². The number of benzene rings is 1. The van der Waals surface area contributed by atoms with Crippen LogP contribution in [-0.2, 0) is 4.79 Å². The first-order chi connectivity index (χ1) is 8.08. The van der Waals surface area contributed by atoms with Crippen molar-refractivity contribution in [1.82, 2.24) is 5.32 Å². The molecule has 1 aromatic carbocycles. The molecule has 0 bridgehead atoms. The Morgan fingerprint density at radius 2 is 1.94 bits per heavy atom. The Hall–Kier alpha value is -2.03. The highest BCUT2D eigenvalue weighted by molar-refractivity contribution is 5.91. The SMILES string of the molecule is CC(C)=CCNC(=O)/C=C/c1ccc(N)cc1. The van der Waals surface area contributed by atoms with Crippen LogP contribution in [0.2, 0.25) is 0 Å². The fourth-order valence-corrected chi connectivity index (χ4v) is 1.19. The van der Waals surface area contributed by atoms with Gasteiger partial charge in [0.05, 0.1) is 0 Å². The Bertz CT molecular complexity index is 426. The molecule has 0 saturated carbocycles. The van der Waals surface area contributed by atoms with Gasteiger partial charge < -0.3 is 11.1 Å². The van der Waals surface area contributed by atoms with Gasteiger partial charge in [-0.2, -0.15) is 0 Å². The Morgan fingerprint density at radius 1 is 1.29 bits per heavy atom. The summed E-state index contributed by atoms with van der Waals surface area (Å²) in [6.07, 6.45) is 5.25. The lowest BCUT2D eigenvalue weighted by molar-refractivity contribution is -0.116. The molecule has 0 atom stereocenters. The molecule has 0 heterocycles. The van der Waals surface area contributed by atoms with Crippen molar-refractivity contribution in [2.45, 2.75) is 13.8 Å². The van der Waals surface area contributed by atoms with Gasteiger partial charge in [0.1, 0.15) is 0 Å². The van der Waals surface area contributed by atoms with Crippen LogP contribution in [0.4, 0.5) is 5.69 Å². The number of nitrogen functional groups attached to an aromatic ring is 1. The first kappa shape index (κ1) is 13.0. The van der Waals surface area contributed by atoms with Crippen molar-refractivity contribution in [3.8, 4) is 0 Å². The summed E-state index contributed by atoms with van der Waals surface area (Å²) in [4.78, 5) is 11.4. The number of hydrogen-bond acceptors (Lipinski definition) is 2. The van der Waals surface area contributed by atoms with Crippen LogP contribution in [-0.4, -0.2) is 12.5 Å². The van der Waals surface area contributed by atoms with E-state index in [9.17, 15) is 4.79 Å². The zero-order valence-electron chi connectivity index (χ0n) is 10.2. The lowest BCUT2D eigenvalue weighted by atomic mass is 10.2. The van der Waals surface area contributed by atoms with E-state index in [0.29, 0.717) is 6.54 Å². The molecule has 0 aliphatic carbocycles. The Morgan fingerprint density at radius 3 is 2.53 bits per heavy atom. The van der Waals surface area contributed by atoms with Crippen LogP contribution in [0.15, 0.2) is 42.0 Å². The largest absolute Gasteiger partial charge is 0.399 e. The number of amides is 1. The number of rotatable bonds is 4. The standard InChI is InChI=1S/C14H18N2O/c1-11(2)9-10-16-14(17)8-5-12-3-6-13(15)7-4-12/h3-9H,10,15H2,1-2H3,(H,16,17)/b8-5+. The van der Waals surface area contributed by atoms with E-state index in [1.807, 2.05) is 32.1 Å². The van der Waals surface area contributed by atoms with E-state index in [2.05, 4.69) is 5.32 Å². The van der Waals surface area contributed by atoms with Crippen LogP contribution in [0.5, 0.6) is 0 Å². The van der Waals surface area contributed by atoms with Crippen LogP contribution in [0.3, 0.4) is 0 Å². The van der Waals surface area contributed by atoms with E-state index in [-0.39, 0.29) is 5.91 Å². The normalized spacial score (nSPS) is 10.2. The van der Waals surface area contributed by atoms with E-state index in [0.717, 1.165) is 11.3 Å². The first-order valence-electron chi connectivity index (χ1n) is 5.53. The maximum Gasteiger partial charge on any atom is 0.244 e. The Balaban J connectivity index is 2.45. The quantitative estimate of drug-likeness (QED) is 0.474. The van der Waals surface area contributed by atoms with Gasteiger partial charge in [0.15, 0.2) is 0 Å². The number of allylic oxidation sites excluding steroid dienone is 1. The van der Waals surface area contributed by atoms with Crippen LogP contribution < -0.4 is 11.1 Å². The number of anilines is 1. The van der Waals surface area contributed by atoms with Crippen molar-refractivity contribution in [2.75, 3.05) is 12.3 Å². The van der Waals surface area contributed by atoms with E-state index >= 15 is 0 Å². The Kier molecular flexibility index (Phi) is 5.01. The van der Waals surface area contributed by atoms with E-state index in [4.69, 9.17) is 5.73 Å². The van der Waals surface area contributed by atoms with Gasteiger partial charge in [-0.3, -0.25) is 4.79 Å². The van der Waals surface area contributed by atoms with Gasteiger partial charge in [-0.05, 0) is 37.6 Å². The average molecular weight is 230 g/mol. The topological polar surface area (TPSA) is 55.1 Å². The number of carbonyl (C=O) groups is 1. The molecule has 3 heteroatoms. The van der Waals surface area contributed by atoms with E-state index < -0.39 is 0 Å². The summed E-state index contributed by atoms with van der Waals surface area (Å²) in [5, 5.41) is 2.77. The molecule has 3 nitrogen and oxygen atoms in total. The molecule has 0 spiro atoms. The minimum absolute atomic E-state index is 0.0978. The highest BCUT2D eigenvalue weighted by Crippen LogP contribution is 2.06. The van der Waals surface area contributed by atoms with Gasteiger partial charge in [0.25, 0.3) is 0 Å². The lowest BCUT2D eigenvalue weighted by Gasteiger charge is -1.98. The number of nitrogens with two attached hydrogens (primary N) is 1. The second-order valence-electron chi connectivity index (χ2n) is 4.03. The third kappa shape index (κ3) is 5.56. The maximum atomic E-state index is 11.4. The molecule has 0 unspecified atom stereocenters. The van der Waals surface area contributed by atoms with Crippen LogP contribution in [0.25, 0.3) is 6.08 Å². The van der Waals surface area contributed by atoms with Crippen molar-refractivity contribution >= 4 is 17.7 Å². The molecule has 0 aliphatic heterocycles. The molecule has 0 aromatic heterocycles. The molecule has 1 rings (SSSR count). The lowest BCUT2D eigenvalue weighted by Crippen LogP contribution is -2.20. The smallest absolute Gasteiger partial charge is 0.244 e. The molecule has 90 valence electrons. The fraction of sp³-hybridized carbons (Fsp3) is 0.214. The molecule has 17 heavy (non-hydrogen) atoms. The fourth-order valence-electron chi connectivity index (χ4n) is 1.19. The summed E-state index contributed by atoms with van der Waals surface area (Å²) < 4.78 is 0. The summed E-state index contributed by atoms with van der Waals surface area (Å²) in [5.41, 5.74) is 8.43. The van der Waals surface area contributed by atoms with Gasteiger partial charge in [-0.1, -0.05) is 23.8 Å². The van der Waals surface area contributed by atoms with Gasteiger partial charge in [0, 0.05) is 18.3 Å². The first-order valence-corrected chi connectivity index (χ1v) is 5.53. The van der Waals surface area contributed by atoms with Gasteiger partial charge in [-0.15, -0.1) is 0 Å². The second-order valence-corrected chi connectivity index (χ2v) is 4.03. The molecular weight excluding hydrogens is 212 g/mol. The molecule has 1 amide bonds. The van der Waals surface area contributed by atoms with Crippen molar-refractivity contribution in [2.24, 2.45) is 0 Å². The number of nitrogens with one attached hydrogen (secondary N) is 1. The molecule has 0 saturated heterocycles. The third-order valence-electron chi connectivity index (χ3n) is 2.15. The number of hydrogen-bond donors (Lipinski definition) is 2. The second kappa shape index (κ2) is 6.53. The molecule has 0 aliphatic rings. The van der Waals surface area contributed by atoms with Crippen molar-refractivity contribution in [3.63, 3.8) is 0 Å². The molecular formula is C14H18N2O. The highest BCUT2D eigenvalue weighted by atomic mass is 16.1. The monoisotopic (exact) mass is 230 g/mol. The summed E-state index contributed by atoms with van der Waals surface area (Å²) in [7, 11) is 0. The zero-order valence-corrected chi connectivity index (χ0v) is 10.2. The minimum atomic E-state index is -0.0978. The molecule has 0 radical (unpaired) electrons. The highest BCUT2D eigenvalue weighted by Gasteiger charge is 1.92. The van der Waals surface area contributed by atoms with E-state index in [1.54, 1.807) is 18.2 Å².